The van der Waals surface area contributed by atoms with Gasteiger partial charge in [0.15, 0.2) is 5.69 Å². The molecule has 3 aromatic rings. The Morgan fingerprint density at radius 1 is 1.24 bits per heavy atom. The highest BCUT2D eigenvalue weighted by Gasteiger charge is 2.28. The molecule has 128 valence electrons. The zero-order chi connectivity index (χ0) is 17.6. The number of para-hydroxylation sites is 1. The van der Waals surface area contributed by atoms with E-state index in [2.05, 4.69) is 26.2 Å². The molecule has 0 spiro atoms. The molecule has 0 unspecified atom stereocenters. The highest BCUT2D eigenvalue weighted by atomic mass is 79.9. The molecule has 4 nitrogen and oxygen atoms in total. The maximum atomic E-state index is 14.4. The average Bonchev–Trinajstić information content (AvgIpc) is 2.81. The van der Waals surface area contributed by atoms with Crippen LogP contribution in [0.25, 0.3) is 10.9 Å². The van der Waals surface area contributed by atoms with E-state index in [4.69, 9.17) is 0 Å². The third kappa shape index (κ3) is 2.85. The zero-order valence-electron chi connectivity index (χ0n) is 13.4. The summed E-state index contributed by atoms with van der Waals surface area (Å²) in [6, 6.07) is 10.5. The SMILES string of the molecule is Cc1cc(N=Nc2c(O)n(C3CSC3)c3c(F)cccc23)ccc1Br. The second-order valence-corrected chi connectivity index (χ2v) is 7.93. The molecule has 1 aromatic heterocycles. The highest BCUT2D eigenvalue weighted by molar-refractivity contribution is 9.10. The van der Waals surface area contributed by atoms with Crippen LogP contribution in [0.15, 0.2) is 51.1 Å². The van der Waals surface area contributed by atoms with Gasteiger partial charge in [-0.25, -0.2) is 4.39 Å². The van der Waals surface area contributed by atoms with Crippen molar-refractivity contribution in [3.05, 3.63) is 52.3 Å². The topological polar surface area (TPSA) is 49.9 Å². The Labute approximate surface area is 156 Å². The van der Waals surface area contributed by atoms with E-state index in [9.17, 15) is 9.50 Å². The van der Waals surface area contributed by atoms with Crippen LogP contribution in [0, 0.1) is 12.7 Å². The number of aryl methyl sites for hydroxylation is 1. The predicted molar refractivity (Wildman–Crippen MR) is 103 cm³/mol. The first-order chi connectivity index (χ1) is 12.1. The van der Waals surface area contributed by atoms with Gasteiger partial charge in [0, 0.05) is 21.4 Å². The molecule has 4 rings (SSSR count). The first-order valence-corrected chi connectivity index (χ1v) is 9.78. The number of aromatic hydroxyl groups is 1. The van der Waals surface area contributed by atoms with Crippen LogP contribution in [0.5, 0.6) is 5.88 Å². The molecular formula is C18H15BrFN3OS. The summed E-state index contributed by atoms with van der Waals surface area (Å²) in [4.78, 5) is 0. The van der Waals surface area contributed by atoms with Crippen LogP contribution in [0.3, 0.4) is 0 Å². The first-order valence-electron chi connectivity index (χ1n) is 7.83. The van der Waals surface area contributed by atoms with Gasteiger partial charge in [0.05, 0.1) is 17.2 Å². The molecule has 0 aliphatic carbocycles. The van der Waals surface area contributed by atoms with Crippen LogP contribution in [0.2, 0.25) is 0 Å². The monoisotopic (exact) mass is 419 g/mol. The molecule has 1 aliphatic rings. The van der Waals surface area contributed by atoms with E-state index in [0.717, 1.165) is 21.5 Å². The van der Waals surface area contributed by atoms with E-state index >= 15 is 0 Å². The fourth-order valence-electron chi connectivity index (χ4n) is 2.92. The van der Waals surface area contributed by atoms with Gasteiger partial charge in [0.25, 0.3) is 0 Å². The third-order valence-electron chi connectivity index (χ3n) is 4.32. The number of rotatable bonds is 3. The first kappa shape index (κ1) is 16.6. The summed E-state index contributed by atoms with van der Waals surface area (Å²) in [6.07, 6.45) is 0. The summed E-state index contributed by atoms with van der Waals surface area (Å²) in [5, 5.41) is 19.7. The smallest absolute Gasteiger partial charge is 0.221 e. The predicted octanol–water partition coefficient (Wildman–Crippen LogP) is 6.26. The molecule has 0 saturated carbocycles. The van der Waals surface area contributed by atoms with Gasteiger partial charge in [0.1, 0.15) is 5.82 Å². The highest BCUT2D eigenvalue weighted by Crippen LogP contribution is 2.45. The Hall–Kier alpha value is -1.86. The summed E-state index contributed by atoms with van der Waals surface area (Å²) < 4.78 is 17.1. The molecule has 1 aliphatic heterocycles. The van der Waals surface area contributed by atoms with Gasteiger partial charge in [-0.1, -0.05) is 28.1 Å². The molecular weight excluding hydrogens is 405 g/mol. The van der Waals surface area contributed by atoms with Crippen molar-refractivity contribution in [2.75, 3.05) is 11.5 Å². The molecule has 0 atom stereocenters. The van der Waals surface area contributed by atoms with Crippen molar-refractivity contribution in [2.24, 2.45) is 10.2 Å². The maximum Gasteiger partial charge on any atom is 0.221 e. The number of nitrogens with zero attached hydrogens (tertiary/aromatic N) is 3. The minimum Gasteiger partial charge on any atom is -0.493 e. The molecule has 2 aromatic carbocycles. The van der Waals surface area contributed by atoms with Gasteiger partial charge in [0.2, 0.25) is 5.88 Å². The van der Waals surface area contributed by atoms with Crippen molar-refractivity contribution in [1.29, 1.82) is 0 Å². The minimum atomic E-state index is -0.356. The second kappa shape index (κ2) is 6.46. The second-order valence-electron chi connectivity index (χ2n) is 6.00. The Morgan fingerprint density at radius 2 is 2.04 bits per heavy atom. The summed E-state index contributed by atoms with van der Waals surface area (Å²) in [5.41, 5.74) is 2.43. The van der Waals surface area contributed by atoms with Gasteiger partial charge in [-0.15, -0.1) is 5.11 Å². The van der Waals surface area contributed by atoms with Gasteiger partial charge in [-0.3, -0.25) is 0 Å². The molecule has 1 saturated heterocycles. The van der Waals surface area contributed by atoms with Crippen molar-refractivity contribution in [3.63, 3.8) is 0 Å². The van der Waals surface area contributed by atoms with Crippen molar-refractivity contribution in [1.82, 2.24) is 4.57 Å². The molecule has 1 fully saturated rings. The molecule has 0 radical (unpaired) electrons. The fourth-order valence-corrected chi connectivity index (χ4v) is 3.91. The van der Waals surface area contributed by atoms with Gasteiger partial charge >= 0.3 is 0 Å². The molecule has 7 heteroatoms. The third-order valence-corrected chi connectivity index (χ3v) is 6.45. The number of halogens is 2. The lowest BCUT2D eigenvalue weighted by atomic mass is 10.2. The lowest BCUT2D eigenvalue weighted by Crippen LogP contribution is -2.22. The summed E-state index contributed by atoms with van der Waals surface area (Å²) in [5.74, 6) is 1.33. The van der Waals surface area contributed by atoms with E-state index in [1.54, 1.807) is 28.5 Å². The van der Waals surface area contributed by atoms with Gasteiger partial charge in [-0.2, -0.15) is 16.9 Å². The van der Waals surface area contributed by atoms with Crippen molar-refractivity contribution in [3.8, 4) is 5.88 Å². The average molecular weight is 420 g/mol. The number of fused-ring (bicyclic) bond motifs is 1. The molecule has 1 N–H and O–H groups in total. The number of hydrogen-bond acceptors (Lipinski definition) is 4. The van der Waals surface area contributed by atoms with Crippen LogP contribution in [-0.4, -0.2) is 21.2 Å². The number of thioether (sulfide) groups is 1. The van der Waals surface area contributed by atoms with E-state index in [1.807, 2.05) is 25.1 Å². The number of aromatic nitrogens is 1. The lowest BCUT2D eigenvalue weighted by molar-refractivity contribution is 0.404. The minimum absolute atomic E-state index is 0.0250. The van der Waals surface area contributed by atoms with Crippen molar-refractivity contribution in [2.45, 2.75) is 13.0 Å². The zero-order valence-corrected chi connectivity index (χ0v) is 15.8. The Kier molecular flexibility index (Phi) is 4.29. The van der Waals surface area contributed by atoms with E-state index in [1.165, 1.54) is 6.07 Å². The summed E-state index contributed by atoms with van der Waals surface area (Å²) >= 11 is 5.22. The summed E-state index contributed by atoms with van der Waals surface area (Å²) in [7, 11) is 0. The number of hydrogen-bond donors (Lipinski definition) is 1. The number of azo groups is 1. The van der Waals surface area contributed by atoms with Crippen LogP contribution >= 0.6 is 27.7 Å². The standard InChI is InChI=1S/C18H15BrFN3OS/c1-10-7-11(5-6-14(10)19)21-22-16-13-3-2-4-15(20)17(13)23(18(16)24)12-8-25-9-12/h2-7,12,24H,8-9H2,1H3. The molecule has 25 heavy (non-hydrogen) atoms. The summed E-state index contributed by atoms with van der Waals surface area (Å²) in [6.45, 7) is 1.97. The Morgan fingerprint density at radius 3 is 2.72 bits per heavy atom. The van der Waals surface area contributed by atoms with E-state index in [0.29, 0.717) is 22.3 Å². The van der Waals surface area contributed by atoms with Crippen LogP contribution in [0.4, 0.5) is 15.8 Å². The van der Waals surface area contributed by atoms with Gasteiger partial charge < -0.3 is 9.67 Å². The Balaban J connectivity index is 1.84. The van der Waals surface area contributed by atoms with Crippen LogP contribution in [-0.2, 0) is 0 Å². The lowest BCUT2D eigenvalue weighted by Gasteiger charge is -2.27. The maximum absolute atomic E-state index is 14.4. The fraction of sp³-hybridized carbons (Fsp3) is 0.222. The van der Waals surface area contributed by atoms with E-state index < -0.39 is 0 Å². The van der Waals surface area contributed by atoms with Crippen molar-refractivity contribution >= 4 is 50.0 Å². The van der Waals surface area contributed by atoms with E-state index in [-0.39, 0.29) is 17.7 Å². The normalized spacial score (nSPS) is 15.2. The molecule has 0 amide bonds. The Bertz CT molecular complexity index is 998. The molecule has 0 bridgehead atoms. The quantitative estimate of drug-likeness (QED) is 0.509. The van der Waals surface area contributed by atoms with Crippen LogP contribution in [0.1, 0.15) is 11.6 Å². The van der Waals surface area contributed by atoms with Crippen molar-refractivity contribution < 1.29 is 9.50 Å². The van der Waals surface area contributed by atoms with Crippen LogP contribution < -0.4 is 0 Å². The van der Waals surface area contributed by atoms with Gasteiger partial charge in [-0.05, 0) is 36.8 Å². The largest absolute Gasteiger partial charge is 0.493 e. The number of benzene rings is 2. The molecule has 2 heterocycles.